The molecule has 1 unspecified atom stereocenters. The number of esters is 1. The van der Waals surface area contributed by atoms with E-state index in [0.29, 0.717) is 0 Å². The topological polar surface area (TPSA) is 110 Å². The highest BCUT2D eigenvalue weighted by Crippen LogP contribution is 2.09. The molecule has 0 aliphatic rings. The minimum absolute atomic E-state index is 0.0618. The molecule has 0 spiro atoms. The van der Waals surface area contributed by atoms with Gasteiger partial charge in [-0.25, -0.2) is 9.78 Å². The van der Waals surface area contributed by atoms with Gasteiger partial charge >= 0.3 is 5.97 Å². The standard InChI is InChI=1S/C8H12N4O3/c1-4(8(14)15-2)12-6-5(9)7(13)11-3-10-6/h3-4H,9H2,1-2H3,(H2,10,11,12,13). The van der Waals surface area contributed by atoms with Crippen LogP contribution in [-0.2, 0) is 9.53 Å². The van der Waals surface area contributed by atoms with E-state index in [0.717, 1.165) is 0 Å². The van der Waals surface area contributed by atoms with Crippen LogP contribution < -0.4 is 16.6 Å². The number of H-pyrrole nitrogens is 1. The normalized spacial score (nSPS) is 11.9. The molecule has 82 valence electrons. The van der Waals surface area contributed by atoms with E-state index >= 15 is 0 Å². The van der Waals surface area contributed by atoms with E-state index < -0.39 is 17.6 Å². The maximum absolute atomic E-state index is 11.1. The predicted molar refractivity (Wildman–Crippen MR) is 54.4 cm³/mol. The first-order valence-electron chi connectivity index (χ1n) is 4.23. The summed E-state index contributed by atoms with van der Waals surface area (Å²) in [6.07, 6.45) is 1.20. The summed E-state index contributed by atoms with van der Waals surface area (Å²) in [6.45, 7) is 1.58. The molecular formula is C8H12N4O3. The van der Waals surface area contributed by atoms with Crippen LogP contribution in [0.4, 0.5) is 11.5 Å². The SMILES string of the molecule is COC(=O)C(C)Nc1nc[nH]c(=O)c1N. The maximum Gasteiger partial charge on any atom is 0.328 e. The van der Waals surface area contributed by atoms with Crippen LogP contribution in [0.5, 0.6) is 0 Å². The molecule has 15 heavy (non-hydrogen) atoms. The lowest BCUT2D eigenvalue weighted by Crippen LogP contribution is -2.29. The van der Waals surface area contributed by atoms with Crippen molar-refractivity contribution < 1.29 is 9.53 Å². The fourth-order valence-corrected chi connectivity index (χ4v) is 0.966. The van der Waals surface area contributed by atoms with E-state index in [2.05, 4.69) is 20.0 Å². The van der Waals surface area contributed by atoms with Crippen LogP contribution in [0.3, 0.4) is 0 Å². The number of aromatic amines is 1. The molecule has 0 bridgehead atoms. The van der Waals surface area contributed by atoms with Crippen molar-refractivity contribution in [3.05, 3.63) is 16.7 Å². The van der Waals surface area contributed by atoms with E-state index in [9.17, 15) is 9.59 Å². The van der Waals surface area contributed by atoms with Gasteiger partial charge in [0, 0.05) is 0 Å². The Morgan fingerprint density at radius 1 is 1.73 bits per heavy atom. The Bertz CT molecular complexity index is 415. The van der Waals surface area contributed by atoms with Crippen molar-refractivity contribution in [1.29, 1.82) is 0 Å². The Hall–Kier alpha value is -2.05. The van der Waals surface area contributed by atoms with Crippen LogP contribution in [0, 0.1) is 0 Å². The van der Waals surface area contributed by atoms with E-state index in [1.807, 2.05) is 0 Å². The Kier molecular flexibility index (Phi) is 3.27. The van der Waals surface area contributed by atoms with Gasteiger partial charge in [0.1, 0.15) is 11.7 Å². The van der Waals surface area contributed by atoms with Gasteiger partial charge in [0.2, 0.25) is 0 Å². The van der Waals surface area contributed by atoms with Crippen molar-refractivity contribution in [3.63, 3.8) is 0 Å². The Morgan fingerprint density at radius 2 is 2.40 bits per heavy atom. The second-order valence-electron chi connectivity index (χ2n) is 2.88. The van der Waals surface area contributed by atoms with Crippen LogP contribution in [0.25, 0.3) is 0 Å². The second-order valence-corrected chi connectivity index (χ2v) is 2.88. The highest BCUT2D eigenvalue weighted by Gasteiger charge is 2.15. The molecule has 0 saturated heterocycles. The quantitative estimate of drug-likeness (QED) is 0.573. The molecule has 0 amide bonds. The van der Waals surface area contributed by atoms with Crippen molar-refractivity contribution in [2.45, 2.75) is 13.0 Å². The van der Waals surface area contributed by atoms with Crippen molar-refractivity contribution in [3.8, 4) is 0 Å². The van der Waals surface area contributed by atoms with Gasteiger partial charge in [-0.1, -0.05) is 0 Å². The summed E-state index contributed by atoms with van der Waals surface area (Å²) in [4.78, 5) is 28.3. The third kappa shape index (κ3) is 2.46. The Balaban J connectivity index is 2.86. The molecule has 0 aromatic carbocycles. The number of ether oxygens (including phenoxy) is 1. The highest BCUT2D eigenvalue weighted by atomic mass is 16.5. The molecule has 1 rings (SSSR count). The number of aromatic nitrogens is 2. The van der Waals surface area contributed by atoms with Gasteiger partial charge in [-0.3, -0.25) is 4.79 Å². The zero-order valence-electron chi connectivity index (χ0n) is 8.40. The summed E-state index contributed by atoms with van der Waals surface area (Å²) in [5.74, 6) is -0.298. The number of rotatable bonds is 3. The van der Waals surface area contributed by atoms with Crippen molar-refractivity contribution >= 4 is 17.5 Å². The average Bonchev–Trinajstić information content (AvgIpc) is 2.23. The smallest absolute Gasteiger partial charge is 0.328 e. The Morgan fingerprint density at radius 3 is 3.00 bits per heavy atom. The summed E-state index contributed by atoms with van der Waals surface area (Å²) in [6, 6.07) is -0.619. The molecule has 1 aromatic rings. The van der Waals surface area contributed by atoms with Crippen LogP contribution >= 0.6 is 0 Å². The minimum Gasteiger partial charge on any atom is -0.467 e. The van der Waals surface area contributed by atoms with E-state index in [1.54, 1.807) is 6.92 Å². The molecule has 4 N–H and O–H groups in total. The maximum atomic E-state index is 11.1. The number of nitrogens with one attached hydrogen (secondary N) is 2. The number of nitrogens with two attached hydrogens (primary N) is 1. The van der Waals surface area contributed by atoms with Crippen molar-refractivity contribution in [1.82, 2.24) is 9.97 Å². The number of anilines is 2. The molecule has 1 heterocycles. The zero-order chi connectivity index (χ0) is 11.4. The summed E-state index contributed by atoms with van der Waals surface area (Å²) in [7, 11) is 1.27. The Labute approximate surface area is 85.7 Å². The van der Waals surface area contributed by atoms with Gasteiger partial charge < -0.3 is 20.8 Å². The number of nitrogens with zero attached hydrogens (tertiary/aromatic N) is 1. The molecule has 0 saturated carbocycles. The van der Waals surface area contributed by atoms with E-state index in [-0.39, 0.29) is 11.5 Å². The van der Waals surface area contributed by atoms with Crippen molar-refractivity contribution in [2.24, 2.45) is 0 Å². The monoisotopic (exact) mass is 212 g/mol. The molecule has 0 fully saturated rings. The number of carbonyl (C=O) groups is 1. The summed E-state index contributed by atoms with van der Waals surface area (Å²) in [5.41, 5.74) is 4.94. The van der Waals surface area contributed by atoms with E-state index in [1.165, 1.54) is 13.4 Å². The third-order valence-corrected chi connectivity index (χ3v) is 1.80. The van der Waals surface area contributed by atoms with Crippen LogP contribution in [-0.4, -0.2) is 29.1 Å². The molecule has 1 atom stereocenters. The number of methoxy groups -OCH3 is 1. The minimum atomic E-state index is -0.619. The fourth-order valence-electron chi connectivity index (χ4n) is 0.966. The third-order valence-electron chi connectivity index (χ3n) is 1.80. The van der Waals surface area contributed by atoms with Gasteiger partial charge in [-0.2, -0.15) is 0 Å². The zero-order valence-corrected chi connectivity index (χ0v) is 8.40. The van der Waals surface area contributed by atoms with Crippen LogP contribution in [0.1, 0.15) is 6.92 Å². The van der Waals surface area contributed by atoms with Crippen molar-refractivity contribution in [2.75, 3.05) is 18.2 Å². The lowest BCUT2D eigenvalue weighted by molar-refractivity contribution is -0.141. The molecule has 7 heteroatoms. The lowest BCUT2D eigenvalue weighted by atomic mass is 10.3. The molecule has 0 aliphatic heterocycles. The lowest BCUT2D eigenvalue weighted by Gasteiger charge is -2.12. The fraction of sp³-hybridized carbons (Fsp3) is 0.375. The first-order valence-corrected chi connectivity index (χ1v) is 4.23. The molecule has 0 aliphatic carbocycles. The summed E-state index contributed by atoms with van der Waals surface area (Å²) in [5, 5.41) is 2.67. The number of nitrogen functional groups attached to an aromatic ring is 1. The number of hydrogen-bond donors (Lipinski definition) is 3. The molecule has 1 aromatic heterocycles. The molecule has 0 radical (unpaired) electrons. The number of carbonyl (C=O) groups excluding carboxylic acids is 1. The summed E-state index contributed by atoms with van der Waals surface area (Å²) >= 11 is 0. The van der Waals surface area contributed by atoms with Gasteiger partial charge in [0.05, 0.1) is 13.4 Å². The van der Waals surface area contributed by atoms with Gasteiger partial charge in [0.15, 0.2) is 5.82 Å². The largest absolute Gasteiger partial charge is 0.467 e. The van der Waals surface area contributed by atoms with Gasteiger partial charge in [-0.15, -0.1) is 0 Å². The first-order chi connectivity index (χ1) is 7.06. The van der Waals surface area contributed by atoms with Crippen LogP contribution in [0.15, 0.2) is 11.1 Å². The summed E-state index contributed by atoms with van der Waals surface area (Å²) < 4.78 is 4.50. The second kappa shape index (κ2) is 4.45. The van der Waals surface area contributed by atoms with E-state index in [4.69, 9.17) is 5.73 Å². The number of hydrogen-bond acceptors (Lipinski definition) is 6. The van der Waals surface area contributed by atoms with Gasteiger partial charge in [0.25, 0.3) is 5.56 Å². The van der Waals surface area contributed by atoms with Gasteiger partial charge in [-0.05, 0) is 6.92 Å². The first kappa shape index (κ1) is 11.0. The molecular weight excluding hydrogens is 200 g/mol. The highest BCUT2D eigenvalue weighted by molar-refractivity contribution is 5.79. The average molecular weight is 212 g/mol. The molecule has 7 nitrogen and oxygen atoms in total. The predicted octanol–water partition coefficient (Wildman–Crippen LogP) is -0.675. The van der Waals surface area contributed by atoms with Crippen LogP contribution in [0.2, 0.25) is 0 Å².